The Kier molecular flexibility index (Phi) is 8.33. The van der Waals surface area contributed by atoms with Crippen LogP contribution in [-0.2, 0) is 16.0 Å². The van der Waals surface area contributed by atoms with Gasteiger partial charge in [0, 0.05) is 30.3 Å². The summed E-state index contributed by atoms with van der Waals surface area (Å²) in [4.78, 5) is 28.9. The molecule has 0 radical (unpaired) electrons. The first kappa shape index (κ1) is 24.6. The van der Waals surface area contributed by atoms with Gasteiger partial charge in [-0.2, -0.15) is 0 Å². The van der Waals surface area contributed by atoms with Gasteiger partial charge in [-0.3, -0.25) is 14.2 Å². The third-order valence-electron chi connectivity index (χ3n) is 4.97. The lowest BCUT2D eigenvalue weighted by Crippen LogP contribution is -2.34. The number of hydrogen-bond donors (Lipinski definition) is 0. The molecule has 2 aromatic carbocycles. The second-order valence-electron chi connectivity index (χ2n) is 8.32. The van der Waals surface area contributed by atoms with E-state index in [0.29, 0.717) is 17.2 Å². The molecule has 6 nitrogen and oxygen atoms in total. The molecule has 0 aliphatic rings. The lowest BCUT2D eigenvalue weighted by Gasteiger charge is -2.25. The van der Waals surface area contributed by atoms with Crippen LogP contribution in [0.4, 0.5) is 0 Å². The van der Waals surface area contributed by atoms with Gasteiger partial charge in [-0.1, -0.05) is 37.3 Å². The van der Waals surface area contributed by atoms with Crippen LogP contribution >= 0.6 is 11.8 Å². The van der Waals surface area contributed by atoms with Gasteiger partial charge in [0.05, 0.1) is 0 Å². The number of ether oxygens (including phenoxy) is 2. The second kappa shape index (κ2) is 11.2. The summed E-state index contributed by atoms with van der Waals surface area (Å²) in [5.74, 6) is 1.20. The molecule has 0 spiro atoms. The Morgan fingerprint density at radius 2 is 1.91 bits per heavy atom. The topological polar surface area (TPSA) is 70.4 Å². The Morgan fingerprint density at radius 1 is 1.15 bits per heavy atom. The summed E-state index contributed by atoms with van der Waals surface area (Å²) in [6.45, 7) is 7.55. The maximum Gasteiger partial charge on any atom is 0.306 e. The number of thioether (sulfide) groups is 1. The van der Waals surface area contributed by atoms with Crippen molar-refractivity contribution in [2.75, 3.05) is 12.4 Å². The number of aryl methyl sites for hydroxylation is 2. The van der Waals surface area contributed by atoms with Crippen molar-refractivity contribution in [1.82, 2.24) is 9.55 Å². The number of aromatic nitrogens is 2. The number of nitrogens with zero attached hydrogens (tertiary/aromatic N) is 2. The predicted molar refractivity (Wildman–Crippen MR) is 131 cm³/mol. The van der Waals surface area contributed by atoms with Gasteiger partial charge in [0.2, 0.25) is 0 Å². The zero-order chi connectivity index (χ0) is 23.8. The van der Waals surface area contributed by atoms with Crippen LogP contribution in [0.3, 0.4) is 0 Å². The van der Waals surface area contributed by atoms with E-state index < -0.39 is 5.60 Å². The molecule has 0 amide bonds. The zero-order valence-electron chi connectivity index (χ0n) is 19.5. The predicted octanol–water partition coefficient (Wildman–Crippen LogP) is 4.99. The number of benzene rings is 2. The van der Waals surface area contributed by atoms with Crippen LogP contribution in [0.15, 0.2) is 70.7 Å². The van der Waals surface area contributed by atoms with Crippen molar-refractivity contribution in [3.05, 3.63) is 82.4 Å². The van der Waals surface area contributed by atoms with Crippen LogP contribution in [0.1, 0.15) is 38.3 Å². The normalized spacial score (nSPS) is 11.3. The van der Waals surface area contributed by atoms with Crippen molar-refractivity contribution in [3.8, 4) is 11.4 Å². The van der Waals surface area contributed by atoms with Crippen LogP contribution in [0.25, 0.3) is 5.69 Å². The zero-order valence-corrected chi connectivity index (χ0v) is 20.4. The van der Waals surface area contributed by atoms with Crippen LogP contribution in [0.2, 0.25) is 0 Å². The summed E-state index contributed by atoms with van der Waals surface area (Å²) < 4.78 is 12.9. The van der Waals surface area contributed by atoms with Gasteiger partial charge in [-0.25, -0.2) is 4.98 Å². The Hall–Kier alpha value is -3.06. The van der Waals surface area contributed by atoms with Gasteiger partial charge in [0.15, 0.2) is 5.03 Å². The van der Waals surface area contributed by atoms with Crippen LogP contribution in [-0.4, -0.2) is 33.5 Å². The average Bonchev–Trinajstić information content (AvgIpc) is 2.80. The van der Waals surface area contributed by atoms with Gasteiger partial charge < -0.3 is 9.47 Å². The first-order valence-electron chi connectivity index (χ1n) is 11.0. The molecular formula is C26H30N2O4S. The minimum Gasteiger partial charge on any atom is -0.489 e. The molecule has 0 aliphatic heterocycles. The smallest absolute Gasteiger partial charge is 0.306 e. The van der Waals surface area contributed by atoms with E-state index in [-0.39, 0.29) is 18.1 Å². The second-order valence-corrected chi connectivity index (χ2v) is 9.40. The Morgan fingerprint density at radius 3 is 2.61 bits per heavy atom. The maximum atomic E-state index is 13.0. The maximum absolute atomic E-state index is 13.0. The monoisotopic (exact) mass is 466 g/mol. The van der Waals surface area contributed by atoms with E-state index in [0.717, 1.165) is 23.4 Å². The standard InChI is InChI=1S/C26H30N2O4S/c1-5-23(29)32-26(3,4)18-31-22-12-11-21(17-19(22)2)28-15-14-27-24(25(28)30)33-16-13-20-9-7-6-8-10-20/h6-12,14-15,17H,5,13,16,18H2,1-4H3. The Labute approximate surface area is 199 Å². The summed E-state index contributed by atoms with van der Waals surface area (Å²) in [6, 6.07) is 15.8. The first-order valence-corrected chi connectivity index (χ1v) is 12.0. The fourth-order valence-corrected chi connectivity index (χ4v) is 4.10. The van der Waals surface area contributed by atoms with Crippen LogP contribution in [0.5, 0.6) is 5.75 Å². The molecule has 7 heteroatoms. The molecule has 0 atom stereocenters. The highest BCUT2D eigenvalue weighted by molar-refractivity contribution is 7.99. The van der Waals surface area contributed by atoms with Crippen molar-refractivity contribution >= 4 is 17.7 Å². The summed E-state index contributed by atoms with van der Waals surface area (Å²) in [7, 11) is 0. The first-order chi connectivity index (χ1) is 15.8. The molecule has 33 heavy (non-hydrogen) atoms. The van der Waals surface area contributed by atoms with Gasteiger partial charge in [-0.15, -0.1) is 11.8 Å². The van der Waals surface area contributed by atoms with Crippen molar-refractivity contribution in [2.45, 2.75) is 51.2 Å². The van der Waals surface area contributed by atoms with Gasteiger partial charge in [-0.05, 0) is 56.5 Å². The van der Waals surface area contributed by atoms with Crippen molar-refractivity contribution in [3.63, 3.8) is 0 Å². The molecular weight excluding hydrogens is 436 g/mol. The molecule has 3 aromatic rings. The highest BCUT2D eigenvalue weighted by Crippen LogP contribution is 2.23. The molecule has 0 saturated carbocycles. The summed E-state index contributed by atoms with van der Waals surface area (Å²) in [5.41, 5.74) is 1.99. The average molecular weight is 467 g/mol. The highest BCUT2D eigenvalue weighted by atomic mass is 32.2. The largest absolute Gasteiger partial charge is 0.489 e. The van der Waals surface area contributed by atoms with Gasteiger partial charge >= 0.3 is 5.97 Å². The van der Waals surface area contributed by atoms with Crippen LogP contribution < -0.4 is 10.3 Å². The molecule has 0 saturated heterocycles. The fraction of sp³-hybridized carbons (Fsp3) is 0.346. The van der Waals surface area contributed by atoms with E-state index in [4.69, 9.17) is 9.47 Å². The van der Waals surface area contributed by atoms with Crippen molar-refractivity contribution in [1.29, 1.82) is 0 Å². The van der Waals surface area contributed by atoms with Gasteiger partial charge in [0.1, 0.15) is 18.0 Å². The SMILES string of the molecule is CCC(=O)OC(C)(C)COc1ccc(-n2ccnc(SCCc3ccccc3)c2=O)cc1C. The van der Waals surface area contributed by atoms with Gasteiger partial charge in [0.25, 0.3) is 5.56 Å². The van der Waals surface area contributed by atoms with E-state index in [1.54, 1.807) is 23.9 Å². The summed E-state index contributed by atoms with van der Waals surface area (Å²) in [6.07, 6.45) is 4.52. The molecule has 1 aromatic heterocycles. The van der Waals surface area contributed by atoms with E-state index in [9.17, 15) is 9.59 Å². The lowest BCUT2D eigenvalue weighted by atomic mass is 10.1. The molecule has 0 unspecified atom stereocenters. The molecule has 0 N–H and O–H groups in total. The molecule has 3 rings (SSSR count). The molecule has 0 aliphatic carbocycles. The van der Waals surface area contributed by atoms with Crippen molar-refractivity contribution < 1.29 is 14.3 Å². The molecule has 1 heterocycles. The number of rotatable bonds is 10. The summed E-state index contributed by atoms with van der Waals surface area (Å²) >= 11 is 1.46. The Balaban J connectivity index is 1.68. The summed E-state index contributed by atoms with van der Waals surface area (Å²) in [5, 5.41) is 0.478. The Bertz CT molecular complexity index is 1140. The van der Waals surface area contributed by atoms with E-state index in [1.165, 1.54) is 17.3 Å². The molecule has 174 valence electrons. The van der Waals surface area contributed by atoms with Crippen molar-refractivity contribution in [2.24, 2.45) is 0 Å². The van der Waals surface area contributed by atoms with E-state index >= 15 is 0 Å². The number of esters is 1. The number of carbonyl (C=O) groups excluding carboxylic acids is 1. The molecule has 0 bridgehead atoms. The number of hydrogen-bond acceptors (Lipinski definition) is 6. The van der Waals surface area contributed by atoms with Crippen LogP contribution in [0, 0.1) is 6.92 Å². The quantitative estimate of drug-likeness (QED) is 0.310. The fourth-order valence-electron chi connectivity index (χ4n) is 3.21. The molecule has 0 fully saturated rings. The van der Waals surface area contributed by atoms with E-state index in [1.807, 2.05) is 57.2 Å². The lowest BCUT2D eigenvalue weighted by molar-refractivity contribution is -0.158. The minimum atomic E-state index is -0.730. The minimum absolute atomic E-state index is 0.142. The third kappa shape index (κ3) is 6.96. The number of carbonyl (C=O) groups is 1. The van der Waals surface area contributed by atoms with E-state index in [2.05, 4.69) is 17.1 Å². The third-order valence-corrected chi connectivity index (χ3v) is 5.93. The highest BCUT2D eigenvalue weighted by Gasteiger charge is 2.23.